The summed E-state index contributed by atoms with van der Waals surface area (Å²) in [6.07, 6.45) is -2.99. The van der Waals surface area contributed by atoms with Crippen LogP contribution in [-0.4, -0.2) is 34.0 Å². The molecule has 11 heteroatoms. The summed E-state index contributed by atoms with van der Waals surface area (Å²) in [4.78, 5) is 18.2. The first kappa shape index (κ1) is 22.1. The molecule has 3 unspecified atom stereocenters. The van der Waals surface area contributed by atoms with E-state index in [-0.39, 0.29) is 29.9 Å². The van der Waals surface area contributed by atoms with Crippen molar-refractivity contribution < 1.29 is 31.8 Å². The van der Waals surface area contributed by atoms with Crippen molar-refractivity contribution in [3.8, 4) is 11.5 Å². The maximum absolute atomic E-state index is 14.7. The van der Waals surface area contributed by atoms with E-state index in [0.717, 1.165) is 18.0 Å². The van der Waals surface area contributed by atoms with Crippen LogP contribution in [0.3, 0.4) is 0 Å². The molecule has 3 aliphatic rings. The molecule has 2 fully saturated rings. The summed E-state index contributed by atoms with van der Waals surface area (Å²) < 4.78 is 72.4. The van der Waals surface area contributed by atoms with Crippen molar-refractivity contribution >= 4 is 5.82 Å². The van der Waals surface area contributed by atoms with E-state index in [0.29, 0.717) is 25.1 Å². The van der Waals surface area contributed by atoms with Crippen LogP contribution < -0.4 is 15.3 Å². The first-order valence-electron chi connectivity index (χ1n) is 11.0. The van der Waals surface area contributed by atoms with E-state index in [2.05, 4.69) is 9.88 Å². The fraction of sp³-hybridized carbons (Fsp3) is 0.333. The molecule has 182 valence electrons. The second-order valence-electron chi connectivity index (χ2n) is 8.88. The van der Waals surface area contributed by atoms with Gasteiger partial charge >= 0.3 is 11.9 Å². The normalized spacial score (nSPS) is 24.5. The number of halogens is 4. The third kappa shape index (κ3) is 3.66. The lowest BCUT2D eigenvalue weighted by molar-refractivity contribution is -0.174. The fourth-order valence-corrected chi connectivity index (χ4v) is 5.15. The number of alkyl halides is 3. The van der Waals surface area contributed by atoms with Gasteiger partial charge in [-0.05, 0) is 42.0 Å². The van der Waals surface area contributed by atoms with Crippen LogP contribution in [0, 0.1) is 5.82 Å². The highest BCUT2D eigenvalue weighted by Gasteiger charge is 2.63. The van der Waals surface area contributed by atoms with Gasteiger partial charge in [0.15, 0.2) is 17.9 Å². The van der Waals surface area contributed by atoms with Crippen molar-refractivity contribution in [2.45, 2.75) is 43.7 Å². The Bertz CT molecular complexity index is 1360. The molecule has 0 saturated carbocycles. The molecule has 35 heavy (non-hydrogen) atoms. The van der Waals surface area contributed by atoms with Crippen LogP contribution in [0.2, 0.25) is 0 Å². The second-order valence-corrected chi connectivity index (χ2v) is 8.88. The SMILES string of the molecule is O=c1nccc2n1CC13CC(CN21)OC3OCc1ccc(Oc2cccc(C(F)(F)F)c2)c(F)c1. The van der Waals surface area contributed by atoms with E-state index in [1.807, 2.05) is 0 Å². The van der Waals surface area contributed by atoms with Gasteiger partial charge in [-0.1, -0.05) is 12.1 Å². The number of hydrogen-bond donors (Lipinski definition) is 0. The van der Waals surface area contributed by atoms with Crippen molar-refractivity contribution in [1.82, 2.24) is 9.55 Å². The molecule has 0 amide bonds. The average Bonchev–Trinajstić information content (AvgIpc) is 3.46. The number of rotatable bonds is 5. The Hall–Kier alpha value is -3.44. The molecule has 0 N–H and O–H groups in total. The minimum absolute atomic E-state index is 0.0306. The smallest absolute Gasteiger partial charge is 0.416 e. The summed E-state index contributed by atoms with van der Waals surface area (Å²) in [6.45, 7) is 1.09. The van der Waals surface area contributed by atoms with Crippen LogP contribution in [0.4, 0.5) is 23.4 Å². The van der Waals surface area contributed by atoms with Crippen molar-refractivity contribution in [3.05, 3.63) is 82.2 Å². The van der Waals surface area contributed by atoms with Gasteiger partial charge in [-0.3, -0.25) is 4.57 Å². The van der Waals surface area contributed by atoms with Crippen LogP contribution in [0.25, 0.3) is 0 Å². The summed E-state index contributed by atoms with van der Waals surface area (Å²) in [5, 5.41) is 0. The first-order chi connectivity index (χ1) is 16.7. The molecule has 6 rings (SSSR count). The molecule has 0 aliphatic carbocycles. The quantitative estimate of drug-likeness (QED) is 0.503. The van der Waals surface area contributed by atoms with E-state index in [4.69, 9.17) is 14.2 Å². The lowest BCUT2D eigenvalue weighted by Gasteiger charge is -2.38. The third-order valence-corrected chi connectivity index (χ3v) is 6.67. The van der Waals surface area contributed by atoms with Gasteiger partial charge in [0, 0.05) is 19.2 Å². The molecular formula is C24H19F4N3O4. The summed E-state index contributed by atoms with van der Waals surface area (Å²) in [6, 6.07) is 10.2. The van der Waals surface area contributed by atoms with Crippen molar-refractivity contribution in [2.24, 2.45) is 0 Å². The highest BCUT2D eigenvalue weighted by molar-refractivity contribution is 5.51. The molecule has 4 heterocycles. The molecule has 1 aromatic heterocycles. The number of hydrogen-bond acceptors (Lipinski definition) is 6. The monoisotopic (exact) mass is 489 g/mol. The molecule has 3 atom stereocenters. The number of fused-ring (bicyclic) bond motifs is 3. The molecule has 1 spiro atoms. The van der Waals surface area contributed by atoms with E-state index in [1.165, 1.54) is 30.5 Å². The Morgan fingerprint density at radius 2 is 2.03 bits per heavy atom. The Morgan fingerprint density at radius 1 is 1.17 bits per heavy atom. The summed E-state index contributed by atoms with van der Waals surface area (Å²) in [7, 11) is 0. The van der Waals surface area contributed by atoms with Gasteiger partial charge in [0.25, 0.3) is 0 Å². The zero-order valence-electron chi connectivity index (χ0n) is 18.2. The van der Waals surface area contributed by atoms with Gasteiger partial charge in [0.1, 0.15) is 17.1 Å². The van der Waals surface area contributed by atoms with E-state index < -0.39 is 29.4 Å². The predicted molar refractivity (Wildman–Crippen MR) is 115 cm³/mol. The molecule has 2 aromatic carbocycles. The molecule has 2 saturated heterocycles. The van der Waals surface area contributed by atoms with Crippen LogP contribution in [0.1, 0.15) is 17.5 Å². The Labute approximate surface area is 196 Å². The maximum Gasteiger partial charge on any atom is 0.416 e. The number of aromatic nitrogens is 2. The van der Waals surface area contributed by atoms with Gasteiger partial charge in [0.2, 0.25) is 0 Å². The third-order valence-electron chi connectivity index (χ3n) is 6.67. The van der Waals surface area contributed by atoms with Crippen LogP contribution in [-0.2, 0) is 28.8 Å². The number of benzene rings is 2. The minimum Gasteiger partial charge on any atom is -0.454 e. The lowest BCUT2D eigenvalue weighted by Crippen LogP contribution is -2.54. The molecule has 2 bridgehead atoms. The zero-order chi connectivity index (χ0) is 24.4. The maximum atomic E-state index is 14.7. The Balaban J connectivity index is 1.15. The van der Waals surface area contributed by atoms with Crippen molar-refractivity contribution in [3.63, 3.8) is 0 Å². The number of anilines is 1. The largest absolute Gasteiger partial charge is 0.454 e. The topological polar surface area (TPSA) is 65.8 Å². The van der Waals surface area contributed by atoms with E-state index >= 15 is 0 Å². The van der Waals surface area contributed by atoms with Gasteiger partial charge in [-0.15, -0.1) is 0 Å². The summed E-state index contributed by atoms with van der Waals surface area (Å²) in [5.74, 6) is -0.274. The van der Waals surface area contributed by atoms with E-state index in [9.17, 15) is 22.4 Å². The predicted octanol–water partition coefficient (Wildman–Crippen LogP) is 4.10. The van der Waals surface area contributed by atoms with Gasteiger partial charge in [-0.25, -0.2) is 14.2 Å². The van der Waals surface area contributed by atoms with Gasteiger partial charge in [-0.2, -0.15) is 13.2 Å². The fourth-order valence-electron chi connectivity index (χ4n) is 5.15. The van der Waals surface area contributed by atoms with Crippen molar-refractivity contribution in [2.75, 3.05) is 11.4 Å². The highest BCUT2D eigenvalue weighted by atomic mass is 19.4. The lowest BCUT2D eigenvalue weighted by atomic mass is 9.98. The molecule has 3 aromatic rings. The second kappa shape index (κ2) is 7.79. The van der Waals surface area contributed by atoms with Crippen LogP contribution in [0.15, 0.2) is 59.5 Å². The van der Waals surface area contributed by atoms with Crippen molar-refractivity contribution in [1.29, 1.82) is 0 Å². The molecule has 3 aliphatic heterocycles. The average molecular weight is 489 g/mol. The minimum atomic E-state index is -4.53. The molecular weight excluding hydrogens is 470 g/mol. The van der Waals surface area contributed by atoms with Gasteiger partial charge < -0.3 is 19.1 Å². The number of nitrogens with zero attached hydrogens (tertiary/aromatic N) is 3. The summed E-state index contributed by atoms with van der Waals surface area (Å²) in [5.41, 5.74) is -1.23. The summed E-state index contributed by atoms with van der Waals surface area (Å²) >= 11 is 0. The molecule has 7 nitrogen and oxygen atoms in total. The first-order valence-corrected chi connectivity index (χ1v) is 11.0. The number of morpholine rings is 1. The zero-order valence-corrected chi connectivity index (χ0v) is 18.2. The number of ether oxygens (including phenoxy) is 3. The van der Waals surface area contributed by atoms with Gasteiger partial charge in [0.05, 0.1) is 24.8 Å². The van der Waals surface area contributed by atoms with E-state index in [1.54, 1.807) is 16.7 Å². The Kier molecular flexibility index (Phi) is 4.91. The Morgan fingerprint density at radius 3 is 2.83 bits per heavy atom. The van der Waals surface area contributed by atoms with Crippen LogP contribution >= 0.6 is 0 Å². The standard InChI is InChI=1S/C24H19F4N3O4/c25-18-8-14(4-5-19(18)34-16-3-1-2-15(9-16)24(26,27)28)12-33-21-23-10-17(35-21)11-31(23)20-6-7-29-22(32)30(20)13-23/h1-9,17,21H,10-13H2. The highest BCUT2D eigenvalue weighted by Crippen LogP contribution is 2.50. The molecule has 0 radical (unpaired) electrons. The van der Waals surface area contributed by atoms with Crippen LogP contribution in [0.5, 0.6) is 11.5 Å².